The van der Waals surface area contributed by atoms with Crippen LogP contribution >= 0.6 is 0 Å². The fourth-order valence-corrected chi connectivity index (χ4v) is 1.10. The van der Waals surface area contributed by atoms with Crippen LogP contribution in [0.3, 0.4) is 0 Å². The molecule has 5 nitrogen and oxygen atoms in total. The SMILES string of the molecule is CC(C)(C)ONC(=O)CCS(C)(=O)=O. The molecule has 1 N–H and O–H groups in total. The summed E-state index contributed by atoms with van der Waals surface area (Å²) >= 11 is 0. The van der Waals surface area contributed by atoms with E-state index in [1.807, 2.05) is 0 Å². The molecule has 6 heteroatoms. The molecular formula is C8H17NO4S. The van der Waals surface area contributed by atoms with Crippen LogP contribution in [0.1, 0.15) is 27.2 Å². The molecule has 14 heavy (non-hydrogen) atoms. The topological polar surface area (TPSA) is 72.5 Å². The molecule has 84 valence electrons. The van der Waals surface area contributed by atoms with Crippen LogP contribution in [0.4, 0.5) is 0 Å². The fraction of sp³-hybridized carbons (Fsp3) is 0.875. The molecule has 0 saturated heterocycles. The van der Waals surface area contributed by atoms with Crippen LogP contribution in [0.2, 0.25) is 0 Å². The Kier molecular flexibility index (Phi) is 4.54. The molecule has 0 spiro atoms. The maximum absolute atomic E-state index is 11.0. The monoisotopic (exact) mass is 223 g/mol. The van der Waals surface area contributed by atoms with Gasteiger partial charge in [0.25, 0.3) is 0 Å². The lowest BCUT2D eigenvalue weighted by molar-refractivity contribution is -0.145. The first kappa shape index (κ1) is 13.4. The van der Waals surface area contributed by atoms with Gasteiger partial charge in [-0.3, -0.25) is 9.63 Å². The van der Waals surface area contributed by atoms with Gasteiger partial charge in [0.1, 0.15) is 9.84 Å². The second kappa shape index (κ2) is 4.75. The molecule has 0 rings (SSSR count). The Hall–Kier alpha value is -0.620. The van der Waals surface area contributed by atoms with Gasteiger partial charge in [-0.15, -0.1) is 0 Å². The summed E-state index contributed by atoms with van der Waals surface area (Å²) in [4.78, 5) is 16.0. The molecule has 0 aromatic heterocycles. The van der Waals surface area contributed by atoms with Crippen LogP contribution < -0.4 is 5.48 Å². The van der Waals surface area contributed by atoms with Gasteiger partial charge >= 0.3 is 0 Å². The molecule has 1 amide bonds. The molecule has 0 aliphatic heterocycles. The van der Waals surface area contributed by atoms with Gasteiger partial charge < -0.3 is 0 Å². The third kappa shape index (κ3) is 9.47. The highest BCUT2D eigenvalue weighted by atomic mass is 32.2. The molecule has 0 aromatic rings. The van der Waals surface area contributed by atoms with Gasteiger partial charge in [-0.25, -0.2) is 13.9 Å². The van der Waals surface area contributed by atoms with E-state index in [1.165, 1.54) is 0 Å². The van der Waals surface area contributed by atoms with Crippen molar-refractivity contribution in [3.63, 3.8) is 0 Å². The third-order valence-electron chi connectivity index (χ3n) is 1.17. The van der Waals surface area contributed by atoms with Crippen molar-refractivity contribution in [1.29, 1.82) is 0 Å². The maximum Gasteiger partial charge on any atom is 0.244 e. The second-order valence-corrected chi connectivity index (χ2v) is 6.38. The van der Waals surface area contributed by atoms with E-state index >= 15 is 0 Å². The quantitative estimate of drug-likeness (QED) is 0.694. The molecule has 0 aromatic carbocycles. The van der Waals surface area contributed by atoms with Crippen molar-refractivity contribution in [3.05, 3.63) is 0 Å². The van der Waals surface area contributed by atoms with E-state index in [4.69, 9.17) is 4.84 Å². The second-order valence-electron chi connectivity index (χ2n) is 4.12. The smallest absolute Gasteiger partial charge is 0.244 e. The molecule has 0 fully saturated rings. The summed E-state index contributed by atoms with van der Waals surface area (Å²) in [6.07, 6.45) is 1.01. The Morgan fingerprint density at radius 1 is 1.36 bits per heavy atom. The molecule has 0 saturated carbocycles. The van der Waals surface area contributed by atoms with Crippen molar-refractivity contribution in [2.75, 3.05) is 12.0 Å². The zero-order valence-corrected chi connectivity index (χ0v) is 9.77. The van der Waals surface area contributed by atoms with Crippen LogP contribution in [0.5, 0.6) is 0 Å². The lowest BCUT2D eigenvalue weighted by Gasteiger charge is -2.18. The van der Waals surface area contributed by atoms with E-state index in [9.17, 15) is 13.2 Å². The average molecular weight is 223 g/mol. The van der Waals surface area contributed by atoms with Crippen molar-refractivity contribution in [3.8, 4) is 0 Å². The van der Waals surface area contributed by atoms with E-state index in [1.54, 1.807) is 20.8 Å². The van der Waals surface area contributed by atoms with Gasteiger partial charge in [0, 0.05) is 12.7 Å². The van der Waals surface area contributed by atoms with E-state index in [0.29, 0.717) is 0 Å². The van der Waals surface area contributed by atoms with Crippen LogP contribution in [0.25, 0.3) is 0 Å². The molecule has 0 heterocycles. The summed E-state index contributed by atoms with van der Waals surface area (Å²) in [5.74, 6) is -0.586. The van der Waals surface area contributed by atoms with E-state index < -0.39 is 21.3 Å². The average Bonchev–Trinajstić information content (AvgIpc) is 1.94. The lowest BCUT2D eigenvalue weighted by Crippen LogP contribution is -2.34. The lowest BCUT2D eigenvalue weighted by atomic mass is 10.2. The molecule has 0 bridgehead atoms. The van der Waals surface area contributed by atoms with E-state index in [0.717, 1.165) is 6.26 Å². The normalized spacial score (nSPS) is 12.6. The number of amides is 1. The van der Waals surface area contributed by atoms with Crippen molar-refractivity contribution in [1.82, 2.24) is 5.48 Å². The van der Waals surface area contributed by atoms with E-state index in [-0.39, 0.29) is 12.2 Å². The van der Waals surface area contributed by atoms with Crippen LogP contribution in [0, 0.1) is 0 Å². The summed E-state index contributed by atoms with van der Waals surface area (Å²) in [6, 6.07) is 0. The number of rotatable bonds is 4. The van der Waals surface area contributed by atoms with Crippen molar-refractivity contribution in [2.45, 2.75) is 32.8 Å². The molecule has 0 unspecified atom stereocenters. The molecule has 0 radical (unpaired) electrons. The Morgan fingerprint density at radius 3 is 2.21 bits per heavy atom. The largest absolute Gasteiger partial charge is 0.273 e. The Bertz CT molecular complexity index is 289. The van der Waals surface area contributed by atoms with E-state index in [2.05, 4.69) is 5.48 Å². The molecule has 0 atom stereocenters. The van der Waals surface area contributed by atoms with Crippen molar-refractivity contribution >= 4 is 15.7 Å². The summed E-state index contributed by atoms with van der Waals surface area (Å²) in [6.45, 7) is 5.34. The first-order valence-corrected chi connectivity index (χ1v) is 6.31. The minimum Gasteiger partial charge on any atom is -0.273 e. The highest BCUT2D eigenvalue weighted by Gasteiger charge is 2.13. The van der Waals surface area contributed by atoms with Gasteiger partial charge in [0.2, 0.25) is 5.91 Å². The van der Waals surface area contributed by atoms with Crippen molar-refractivity contribution < 1.29 is 18.0 Å². The van der Waals surface area contributed by atoms with Gasteiger partial charge in [0.15, 0.2) is 0 Å². The van der Waals surface area contributed by atoms with Gasteiger partial charge in [-0.2, -0.15) is 0 Å². The number of carbonyl (C=O) groups excluding carboxylic acids is 1. The fourth-order valence-electron chi connectivity index (χ4n) is 0.539. The molecule has 0 aliphatic carbocycles. The van der Waals surface area contributed by atoms with Gasteiger partial charge in [0.05, 0.1) is 11.4 Å². The number of hydrogen-bond acceptors (Lipinski definition) is 4. The molecular weight excluding hydrogens is 206 g/mol. The van der Waals surface area contributed by atoms with Crippen molar-refractivity contribution in [2.24, 2.45) is 0 Å². The zero-order valence-electron chi connectivity index (χ0n) is 8.96. The third-order valence-corrected chi connectivity index (χ3v) is 2.12. The number of sulfone groups is 1. The summed E-state index contributed by atoms with van der Waals surface area (Å²) in [5.41, 5.74) is 1.72. The highest BCUT2D eigenvalue weighted by molar-refractivity contribution is 7.90. The van der Waals surface area contributed by atoms with Gasteiger partial charge in [-0.1, -0.05) is 0 Å². The highest BCUT2D eigenvalue weighted by Crippen LogP contribution is 2.03. The van der Waals surface area contributed by atoms with Crippen LogP contribution in [0.15, 0.2) is 0 Å². The van der Waals surface area contributed by atoms with Crippen LogP contribution in [-0.2, 0) is 19.5 Å². The minimum absolute atomic E-state index is 0.0745. The Balaban J connectivity index is 3.79. The summed E-state index contributed by atoms with van der Waals surface area (Å²) in [7, 11) is -3.09. The predicted octanol–water partition coefficient (Wildman–Crippen LogP) is 0.267. The first-order chi connectivity index (χ1) is 6.10. The number of nitrogens with one attached hydrogen (secondary N) is 1. The summed E-state index contributed by atoms with van der Waals surface area (Å²) in [5, 5.41) is 0. The predicted molar refractivity (Wildman–Crippen MR) is 53.3 cm³/mol. The zero-order chi connectivity index (χ0) is 11.4. The number of hydrogen-bond donors (Lipinski definition) is 1. The minimum atomic E-state index is -3.09. The standard InChI is InChI=1S/C8H17NO4S/c1-8(2,3)13-9-7(10)5-6-14(4,11)12/h5-6H2,1-4H3,(H,9,10). The number of carbonyl (C=O) groups is 1. The molecule has 0 aliphatic rings. The maximum atomic E-state index is 11.0. The summed E-state index contributed by atoms with van der Waals surface area (Å²) < 4.78 is 21.4. The van der Waals surface area contributed by atoms with Crippen LogP contribution in [-0.4, -0.2) is 31.9 Å². The Morgan fingerprint density at radius 2 is 1.86 bits per heavy atom. The van der Waals surface area contributed by atoms with Gasteiger partial charge in [-0.05, 0) is 20.8 Å². The Labute approximate surface area is 84.7 Å². The number of hydroxylamine groups is 1. The first-order valence-electron chi connectivity index (χ1n) is 4.25.